The van der Waals surface area contributed by atoms with Crippen molar-refractivity contribution in [3.63, 3.8) is 0 Å². The van der Waals surface area contributed by atoms with Gasteiger partial charge in [0.1, 0.15) is 0 Å². The second-order valence-corrected chi connectivity index (χ2v) is 5.20. The number of ether oxygens (including phenoxy) is 1. The first-order valence-electron chi connectivity index (χ1n) is 7.59. The maximum Gasteiger partial charge on any atom is 0.306 e. The fraction of sp³-hybridized carbons (Fsp3) is 0.353. The summed E-state index contributed by atoms with van der Waals surface area (Å²) in [6.45, 7) is 2.13. The first-order valence-corrected chi connectivity index (χ1v) is 7.59. The minimum absolute atomic E-state index is 0.118. The van der Waals surface area contributed by atoms with E-state index in [0.717, 1.165) is 11.1 Å². The van der Waals surface area contributed by atoms with Gasteiger partial charge in [-0.25, -0.2) is 0 Å². The molecule has 0 radical (unpaired) electrons. The molecule has 6 heteroatoms. The van der Waals surface area contributed by atoms with Crippen molar-refractivity contribution >= 4 is 5.97 Å². The first-order chi connectivity index (χ1) is 11.2. The molecule has 2 aromatic rings. The lowest BCUT2D eigenvalue weighted by atomic mass is 9.88. The third-order valence-corrected chi connectivity index (χ3v) is 3.64. The van der Waals surface area contributed by atoms with Crippen LogP contribution in [0.5, 0.6) is 0 Å². The second kappa shape index (κ2) is 8.97. The molecule has 2 N–H and O–H groups in total. The molecule has 2 aromatic heterocycles. The number of carbonyl (C=O) groups excluding carboxylic acids is 1. The van der Waals surface area contributed by atoms with Crippen molar-refractivity contribution in [2.45, 2.75) is 31.7 Å². The predicted octanol–water partition coefficient (Wildman–Crippen LogP) is 2.62. The van der Waals surface area contributed by atoms with E-state index in [4.69, 9.17) is 4.74 Å². The van der Waals surface area contributed by atoms with Crippen LogP contribution in [0.2, 0.25) is 0 Å². The standard InChI is InChI=1S/C17H21N3O3/c1-2-23-17(21)10-15(13-5-3-7-18-11-13)9-16(20-22)14-6-4-8-19-12-14/h3-8,11-12,15-16,20,22H,2,9-10H2,1H3/t15-,16+/m1/s1. The van der Waals surface area contributed by atoms with Crippen molar-refractivity contribution in [2.24, 2.45) is 0 Å². The SMILES string of the molecule is CCOC(=O)C[C@@H](C[C@H](NO)c1cccnc1)c1cccnc1. The zero-order valence-corrected chi connectivity index (χ0v) is 13.1. The molecule has 2 atom stereocenters. The summed E-state index contributed by atoms with van der Waals surface area (Å²) < 4.78 is 5.06. The van der Waals surface area contributed by atoms with Crippen LogP contribution in [0.1, 0.15) is 42.9 Å². The third kappa shape index (κ3) is 5.12. The highest BCUT2D eigenvalue weighted by Gasteiger charge is 2.22. The fourth-order valence-electron chi connectivity index (χ4n) is 2.51. The molecule has 0 saturated carbocycles. The Hall–Kier alpha value is -2.31. The summed E-state index contributed by atoms with van der Waals surface area (Å²) in [5.74, 6) is -0.378. The van der Waals surface area contributed by atoms with Crippen LogP contribution in [0.25, 0.3) is 0 Å². The van der Waals surface area contributed by atoms with Gasteiger partial charge >= 0.3 is 5.97 Å². The number of aromatic nitrogens is 2. The summed E-state index contributed by atoms with van der Waals surface area (Å²) in [7, 11) is 0. The van der Waals surface area contributed by atoms with Crippen molar-refractivity contribution in [3.05, 3.63) is 60.2 Å². The predicted molar refractivity (Wildman–Crippen MR) is 84.7 cm³/mol. The number of rotatable bonds is 8. The van der Waals surface area contributed by atoms with Crippen LogP contribution in [0.3, 0.4) is 0 Å². The fourth-order valence-corrected chi connectivity index (χ4v) is 2.51. The van der Waals surface area contributed by atoms with Crippen molar-refractivity contribution in [3.8, 4) is 0 Å². The number of esters is 1. The first kappa shape index (κ1) is 17.1. The average molecular weight is 315 g/mol. The molecule has 0 spiro atoms. The van der Waals surface area contributed by atoms with Crippen LogP contribution in [0.15, 0.2) is 49.1 Å². The Morgan fingerprint density at radius 1 is 1.22 bits per heavy atom. The largest absolute Gasteiger partial charge is 0.466 e. The van der Waals surface area contributed by atoms with E-state index in [0.29, 0.717) is 13.0 Å². The van der Waals surface area contributed by atoms with Crippen molar-refractivity contribution in [2.75, 3.05) is 6.61 Å². The minimum Gasteiger partial charge on any atom is -0.466 e. The van der Waals surface area contributed by atoms with Gasteiger partial charge in [-0.05, 0) is 42.5 Å². The summed E-state index contributed by atoms with van der Waals surface area (Å²) in [4.78, 5) is 20.1. The molecule has 0 aliphatic heterocycles. The van der Waals surface area contributed by atoms with Gasteiger partial charge in [0.2, 0.25) is 0 Å². The lowest BCUT2D eigenvalue weighted by Crippen LogP contribution is -2.22. The van der Waals surface area contributed by atoms with Crippen LogP contribution >= 0.6 is 0 Å². The molecule has 23 heavy (non-hydrogen) atoms. The lowest BCUT2D eigenvalue weighted by molar-refractivity contribution is -0.143. The van der Waals surface area contributed by atoms with Crippen LogP contribution in [-0.4, -0.2) is 27.8 Å². The van der Waals surface area contributed by atoms with Crippen LogP contribution in [-0.2, 0) is 9.53 Å². The Morgan fingerprint density at radius 3 is 2.39 bits per heavy atom. The van der Waals surface area contributed by atoms with E-state index < -0.39 is 0 Å². The topological polar surface area (TPSA) is 84.3 Å². The zero-order valence-electron chi connectivity index (χ0n) is 13.1. The third-order valence-electron chi connectivity index (χ3n) is 3.64. The van der Waals surface area contributed by atoms with E-state index in [-0.39, 0.29) is 24.3 Å². The maximum atomic E-state index is 11.9. The van der Waals surface area contributed by atoms with Gasteiger partial charge in [0, 0.05) is 24.8 Å². The number of pyridine rings is 2. The van der Waals surface area contributed by atoms with E-state index in [9.17, 15) is 10.0 Å². The quantitative estimate of drug-likeness (QED) is 0.575. The molecule has 0 bridgehead atoms. The molecule has 2 heterocycles. The van der Waals surface area contributed by atoms with E-state index >= 15 is 0 Å². The van der Waals surface area contributed by atoms with Gasteiger partial charge < -0.3 is 9.94 Å². The van der Waals surface area contributed by atoms with Crippen LogP contribution in [0, 0.1) is 0 Å². The summed E-state index contributed by atoms with van der Waals surface area (Å²) >= 11 is 0. The van der Waals surface area contributed by atoms with E-state index in [1.165, 1.54) is 0 Å². The number of hydroxylamine groups is 1. The highest BCUT2D eigenvalue weighted by atomic mass is 16.5. The second-order valence-electron chi connectivity index (χ2n) is 5.20. The molecule has 0 unspecified atom stereocenters. The zero-order chi connectivity index (χ0) is 16.5. The van der Waals surface area contributed by atoms with E-state index in [1.54, 1.807) is 31.7 Å². The number of nitrogens with zero attached hydrogens (tertiary/aromatic N) is 2. The molecule has 0 saturated heterocycles. The smallest absolute Gasteiger partial charge is 0.306 e. The number of hydrogen-bond acceptors (Lipinski definition) is 6. The lowest BCUT2D eigenvalue weighted by Gasteiger charge is -2.22. The Balaban J connectivity index is 2.17. The van der Waals surface area contributed by atoms with Gasteiger partial charge in [-0.3, -0.25) is 14.8 Å². The van der Waals surface area contributed by atoms with Gasteiger partial charge in [0.25, 0.3) is 0 Å². The Labute approximate surface area is 135 Å². The molecule has 122 valence electrons. The monoisotopic (exact) mass is 315 g/mol. The number of carbonyl (C=O) groups is 1. The summed E-state index contributed by atoms with van der Waals surface area (Å²) in [5.41, 5.74) is 4.10. The summed E-state index contributed by atoms with van der Waals surface area (Å²) in [6.07, 6.45) is 7.55. The van der Waals surface area contributed by atoms with E-state index in [1.807, 2.05) is 24.3 Å². The molecule has 6 nitrogen and oxygen atoms in total. The Morgan fingerprint density at radius 2 is 1.87 bits per heavy atom. The average Bonchev–Trinajstić information content (AvgIpc) is 2.60. The molecular formula is C17H21N3O3. The van der Waals surface area contributed by atoms with Gasteiger partial charge in [-0.15, -0.1) is 0 Å². The van der Waals surface area contributed by atoms with Gasteiger partial charge in [-0.1, -0.05) is 12.1 Å². The summed E-state index contributed by atoms with van der Waals surface area (Å²) in [6, 6.07) is 7.12. The van der Waals surface area contributed by atoms with Crippen LogP contribution < -0.4 is 5.48 Å². The molecule has 0 aliphatic carbocycles. The molecular weight excluding hydrogens is 294 g/mol. The van der Waals surface area contributed by atoms with Crippen molar-refractivity contribution < 1.29 is 14.7 Å². The molecule has 2 rings (SSSR count). The molecule has 0 amide bonds. The Kier molecular flexibility index (Phi) is 6.65. The highest BCUT2D eigenvalue weighted by Crippen LogP contribution is 2.30. The molecule has 0 aromatic carbocycles. The molecule has 0 aliphatic rings. The van der Waals surface area contributed by atoms with Crippen molar-refractivity contribution in [1.82, 2.24) is 15.4 Å². The molecule has 0 fully saturated rings. The van der Waals surface area contributed by atoms with E-state index in [2.05, 4.69) is 15.4 Å². The maximum absolute atomic E-state index is 11.9. The van der Waals surface area contributed by atoms with Gasteiger partial charge in [-0.2, -0.15) is 5.48 Å². The minimum atomic E-state index is -0.330. The normalized spacial score (nSPS) is 13.3. The number of hydrogen-bond donors (Lipinski definition) is 2. The van der Waals surface area contributed by atoms with Gasteiger partial charge in [0.15, 0.2) is 0 Å². The summed E-state index contributed by atoms with van der Waals surface area (Å²) in [5, 5.41) is 9.50. The van der Waals surface area contributed by atoms with Crippen molar-refractivity contribution in [1.29, 1.82) is 0 Å². The Bertz CT molecular complexity index is 593. The van der Waals surface area contributed by atoms with Gasteiger partial charge in [0.05, 0.1) is 19.1 Å². The highest BCUT2D eigenvalue weighted by molar-refractivity contribution is 5.70. The van der Waals surface area contributed by atoms with Crippen LogP contribution in [0.4, 0.5) is 0 Å². The number of nitrogens with one attached hydrogen (secondary N) is 1.